The molecular formula is C5H10NO2P. The Morgan fingerprint density at radius 2 is 2.44 bits per heavy atom. The Balaban J connectivity index is 2.44. The van der Waals surface area contributed by atoms with Gasteiger partial charge in [0, 0.05) is 6.54 Å². The number of aliphatic hydroxyl groups excluding tert-OH is 1. The summed E-state index contributed by atoms with van der Waals surface area (Å²) >= 11 is 0. The van der Waals surface area contributed by atoms with Crippen LogP contribution in [-0.2, 0) is 4.79 Å². The molecule has 52 valence electrons. The zero-order chi connectivity index (χ0) is 6.85. The number of nitrogens with zero attached hydrogens (tertiary/aromatic N) is 1. The average molecular weight is 147 g/mol. The molecule has 1 N–H and O–H groups in total. The van der Waals surface area contributed by atoms with Gasteiger partial charge < -0.3 is 9.78 Å². The van der Waals surface area contributed by atoms with Crippen molar-refractivity contribution in [3.63, 3.8) is 0 Å². The van der Waals surface area contributed by atoms with Gasteiger partial charge in [0.1, 0.15) is 0 Å². The molecule has 0 radical (unpaired) electrons. The predicted octanol–water partition coefficient (Wildman–Crippen LogP) is -0.240. The molecule has 0 aromatic heterocycles. The van der Waals surface area contributed by atoms with Crippen molar-refractivity contribution >= 4 is 15.3 Å². The van der Waals surface area contributed by atoms with Crippen LogP contribution in [0.3, 0.4) is 0 Å². The highest BCUT2D eigenvalue weighted by atomic mass is 31.0. The second kappa shape index (κ2) is 2.63. The van der Waals surface area contributed by atoms with Crippen LogP contribution in [0.2, 0.25) is 0 Å². The Bertz CT molecular complexity index is 128. The number of carbonyl (C=O) groups excluding carboxylic acids is 1. The van der Waals surface area contributed by atoms with Crippen molar-refractivity contribution in [3.05, 3.63) is 0 Å². The third kappa shape index (κ3) is 1.63. The summed E-state index contributed by atoms with van der Waals surface area (Å²) in [5.74, 6) is 0.0127. The minimum Gasteiger partial charge on any atom is -0.393 e. The summed E-state index contributed by atoms with van der Waals surface area (Å²) in [5, 5.41) is 8.94. The number of piperidine rings is 1. The van der Waals surface area contributed by atoms with Gasteiger partial charge in [-0.15, -0.1) is 0 Å². The van der Waals surface area contributed by atoms with Gasteiger partial charge in [-0.05, 0) is 15.8 Å². The minimum absolute atomic E-state index is 0.0127. The van der Waals surface area contributed by atoms with E-state index in [1.807, 2.05) is 0 Å². The summed E-state index contributed by atoms with van der Waals surface area (Å²) in [7, 11) is 2.33. The van der Waals surface area contributed by atoms with E-state index in [4.69, 9.17) is 5.11 Å². The first-order valence-electron chi connectivity index (χ1n) is 2.93. The quantitative estimate of drug-likeness (QED) is 0.480. The Kier molecular flexibility index (Phi) is 2.04. The first-order chi connectivity index (χ1) is 4.20. The second-order valence-electron chi connectivity index (χ2n) is 2.23. The van der Waals surface area contributed by atoms with Gasteiger partial charge in [-0.25, -0.2) is 0 Å². The maximum absolute atomic E-state index is 10.7. The van der Waals surface area contributed by atoms with Crippen molar-refractivity contribution < 1.29 is 9.90 Å². The molecule has 1 saturated heterocycles. The molecule has 4 heteroatoms. The van der Waals surface area contributed by atoms with Crippen LogP contribution in [0.5, 0.6) is 0 Å². The lowest BCUT2D eigenvalue weighted by molar-refractivity contribution is -0.130. The molecule has 1 fully saturated rings. The number of rotatable bonds is 0. The van der Waals surface area contributed by atoms with Crippen molar-refractivity contribution in [2.75, 3.05) is 6.54 Å². The summed E-state index contributed by atoms with van der Waals surface area (Å²) in [4.78, 5) is 10.7. The van der Waals surface area contributed by atoms with Gasteiger partial charge in [0.15, 0.2) is 0 Å². The van der Waals surface area contributed by atoms with Gasteiger partial charge in [-0.3, -0.25) is 4.79 Å². The van der Waals surface area contributed by atoms with Gasteiger partial charge >= 0.3 is 0 Å². The predicted molar refractivity (Wildman–Crippen MR) is 36.7 cm³/mol. The zero-order valence-electron chi connectivity index (χ0n) is 5.08. The lowest BCUT2D eigenvalue weighted by atomic mass is 10.1. The summed E-state index contributed by atoms with van der Waals surface area (Å²) in [6.45, 7) is 0.657. The molecule has 0 saturated carbocycles. The Labute approximate surface area is 56.3 Å². The van der Waals surface area contributed by atoms with Crippen LogP contribution in [0.1, 0.15) is 12.8 Å². The molecule has 0 aromatic rings. The van der Waals surface area contributed by atoms with Crippen LogP contribution >= 0.6 is 9.39 Å². The molecule has 1 rings (SSSR count). The molecule has 1 aliphatic heterocycles. The van der Waals surface area contributed by atoms with Crippen LogP contribution < -0.4 is 0 Å². The molecule has 0 aromatic carbocycles. The van der Waals surface area contributed by atoms with E-state index >= 15 is 0 Å². The molecular weight excluding hydrogens is 137 g/mol. The fraction of sp³-hybridized carbons (Fsp3) is 0.800. The van der Waals surface area contributed by atoms with Crippen molar-refractivity contribution in [2.45, 2.75) is 18.9 Å². The molecule has 0 aliphatic carbocycles. The number of carbonyl (C=O) groups is 1. The maximum Gasteiger partial charge on any atom is 0.227 e. The summed E-state index contributed by atoms with van der Waals surface area (Å²) in [6.07, 6.45) is 0.577. The van der Waals surface area contributed by atoms with Gasteiger partial charge in [0.25, 0.3) is 0 Å². The normalized spacial score (nSPS) is 28.9. The summed E-state index contributed by atoms with van der Waals surface area (Å²) in [5.41, 5.74) is 0. The van der Waals surface area contributed by atoms with E-state index in [0.29, 0.717) is 13.0 Å². The van der Waals surface area contributed by atoms with Crippen molar-refractivity contribution in [1.82, 2.24) is 4.67 Å². The van der Waals surface area contributed by atoms with Gasteiger partial charge in [0.2, 0.25) is 5.91 Å². The van der Waals surface area contributed by atoms with Crippen LogP contribution in [0, 0.1) is 0 Å². The van der Waals surface area contributed by atoms with E-state index in [9.17, 15) is 4.79 Å². The largest absolute Gasteiger partial charge is 0.393 e. The van der Waals surface area contributed by atoms with E-state index in [1.165, 1.54) is 0 Å². The van der Waals surface area contributed by atoms with Crippen LogP contribution in [0.25, 0.3) is 0 Å². The Hall–Kier alpha value is -0.140. The highest BCUT2D eigenvalue weighted by Gasteiger charge is 2.20. The van der Waals surface area contributed by atoms with E-state index in [0.717, 1.165) is 0 Å². The zero-order valence-corrected chi connectivity index (χ0v) is 6.23. The minimum atomic E-state index is -0.408. The number of amides is 1. The number of hydrogen-bond acceptors (Lipinski definition) is 2. The second-order valence-corrected chi connectivity index (χ2v) is 2.86. The summed E-state index contributed by atoms with van der Waals surface area (Å²) < 4.78 is 1.56. The average Bonchev–Trinajstić information content (AvgIpc) is 1.80. The van der Waals surface area contributed by atoms with Crippen LogP contribution in [-0.4, -0.2) is 28.3 Å². The van der Waals surface area contributed by atoms with Gasteiger partial charge in [-0.2, -0.15) is 0 Å². The summed E-state index contributed by atoms with van der Waals surface area (Å²) in [6, 6.07) is 0. The van der Waals surface area contributed by atoms with Gasteiger partial charge in [0.05, 0.1) is 12.5 Å². The van der Waals surface area contributed by atoms with Crippen LogP contribution in [0.15, 0.2) is 0 Å². The fourth-order valence-corrected chi connectivity index (χ4v) is 1.09. The van der Waals surface area contributed by atoms with Crippen molar-refractivity contribution in [3.8, 4) is 0 Å². The molecule has 0 spiro atoms. The van der Waals surface area contributed by atoms with Gasteiger partial charge in [-0.1, -0.05) is 0 Å². The SMILES string of the molecule is O=C1C[C@H](O)CCN1P. The fourth-order valence-electron chi connectivity index (χ4n) is 0.834. The van der Waals surface area contributed by atoms with E-state index < -0.39 is 6.10 Å². The Morgan fingerprint density at radius 3 is 2.89 bits per heavy atom. The Morgan fingerprint density at radius 1 is 1.78 bits per heavy atom. The topological polar surface area (TPSA) is 40.5 Å². The highest BCUT2D eigenvalue weighted by Crippen LogP contribution is 2.14. The molecule has 9 heavy (non-hydrogen) atoms. The third-order valence-electron chi connectivity index (χ3n) is 1.43. The number of hydrogen-bond donors (Lipinski definition) is 1. The lowest BCUT2D eigenvalue weighted by Gasteiger charge is -2.24. The maximum atomic E-state index is 10.7. The van der Waals surface area contributed by atoms with E-state index in [-0.39, 0.29) is 12.3 Å². The first-order valence-corrected chi connectivity index (χ1v) is 3.45. The number of aliphatic hydroxyl groups is 1. The molecule has 1 aliphatic rings. The smallest absolute Gasteiger partial charge is 0.227 e. The molecule has 1 unspecified atom stereocenters. The van der Waals surface area contributed by atoms with E-state index in [2.05, 4.69) is 9.39 Å². The van der Waals surface area contributed by atoms with Crippen molar-refractivity contribution in [2.24, 2.45) is 0 Å². The lowest BCUT2D eigenvalue weighted by Crippen LogP contribution is -2.33. The molecule has 1 heterocycles. The third-order valence-corrected chi connectivity index (χ3v) is 1.98. The molecule has 2 atom stereocenters. The highest BCUT2D eigenvalue weighted by molar-refractivity contribution is 7.14. The van der Waals surface area contributed by atoms with Crippen molar-refractivity contribution in [1.29, 1.82) is 0 Å². The molecule has 3 nitrogen and oxygen atoms in total. The van der Waals surface area contributed by atoms with E-state index in [1.54, 1.807) is 4.67 Å². The molecule has 1 amide bonds. The first kappa shape index (κ1) is 6.97. The molecule has 0 bridgehead atoms. The standard InChI is InChI=1S/C5H10NO2P/c7-4-1-2-6(9)5(8)3-4/h4,7H,1-3,9H2/t4-/m1/s1. The monoisotopic (exact) mass is 147 g/mol. The van der Waals surface area contributed by atoms with Crippen LogP contribution in [0.4, 0.5) is 0 Å².